The summed E-state index contributed by atoms with van der Waals surface area (Å²) in [6.45, 7) is 0. The van der Waals surface area contributed by atoms with Crippen LogP contribution in [0, 0.1) is 5.82 Å². The summed E-state index contributed by atoms with van der Waals surface area (Å²) in [4.78, 5) is 0. The Hall–Kier alpha value is -1.29. The molecule has 106 valence electrons. The number of methoxy groups -OCH3 is 1. The molecule has 2 aromatic carbocycles. The fourth-order valence-electron chi connectivity index (χ4n) is 2.17. The monoisotopic (exact) mass is 313 g/mol. The molecule has 0 radical (unpaired) electrons. The Kier molecular flexibility index (Phi) is 4.86. The van der Waals surface area contributed by atoms with Gasteiger partial charge in [0.05, 0.1) is 18.7 Å². The van der Waals surface area contributed by atoms with E-state index in [9.17, 15) is 4.39 Å². The van der Waals surface area contributed by atoms with E-state index in [1.807, 2.05) is 0 Å². The first-order chi connectivity index (χ1) is 9.58. The van der Waals surface area contributed by atoms with Gasteiger partial charge in [0.15, 0.2) is 0 Å². The summed E-state index contributed by atoms with van der Waals surface area (Å²) in [5, 5.41) is 4.11. The van der Waals surface area contributed by atoms with Gasteiger partial charge in [-0.05, 0) is 42.9 Å². The molecule has 0 spiro atoms. The van der Waals surface area contributed by atoms with Crippen LogP contribution in [0.5, 0.6) is 5.75 Å². The van der Waals surface area contributed by atoms with E-state index >= 15 is 0 Å². The third-order valence-electron chi connectivity index (χ3n) is 3.08. The zero-order valence-corrected chi connectivity index (χ0v) is 12.6. The number of ether oxygens (including phenoxy) is 1. The van der Waals surface area contributed by atoms with Crippen LogP contribution in [0.15, 0.2) is 36.4 Å². The smallest absolute Gasteiger partial charge is 0.132 e. The second-order valence-electron chi connectivity index (χ2n) is 4.24. The van der Waals surface area contributed by atoms with Crippen LogP contribution in [-0.2, 0) is 0 Å². The Morgan fingerprint density at radius 1 is 1.20 bits per heavy atom. The van der Waals surface area contributed by atoms with Crippen LogP contribution in [0.4, 0.5) is 4.39 Å². The number of nitrogens with one attached hydrogen (secondary N) is 1. The highest BCUT2D eigenvalue weighted by Gasteiger charge is 2.23. The van der Waals surface area contributed by atoms with E-state index in [0.29, 0.717) is 26.9 Å². The summed E-state index contributed by atoms with van der Waals surface area (Å²) in [5.41, 5.74) is 1.10. The number of hydrogen-bond acceptors (Lipinski definition) is 2. The largest absolute Gasteiger partial charge is 0.496 e. The van der Waals surface area contributed by atoms with Crippen molar-refractivity contribution >= 4 is 23.2 Å². The van der Waals surface area contributed by atoms with Crippen LogP contribution in [0.25, 0.3) is 0 Å². The van der Waals surface area contributed by atoms with Crippen molar-refractivity contribution in [1.29, 1.82) is 0 Å². The van der Waals surface area contributed by atoms with Gasteiger partial charge in [0.25, 0.3) is 0 Å². The van der Waals surface area contributed by atoms with Gasteiger partial charge in [-0.3, -0.25) is 0 Å². The molecule has 1 atom stereocenters. The van der Waals surface area contributed by atoms with Crippen LogP contribution >= 0.6 is 23.2 Å². The molecular weight excluding hydrogens is 300 g/mol. The van der Waals surface area contributed by atoms with Crippen molar-refractivity contribution in [2.45, 2.75) is 6.04 Å². The van der Waals surface area contributed by atoms with Crippen molar-refractivity contribution in [3.8, 4) is 5.75 Å². The molecule has 5 heteroatoms. The van der Waals surface area contributed by atoms with Crippen molar-refractivity contribution in [3.63, 3.8) is 0 Å². The molecule has 0 amide bonds. The SMILES string of the molecule is CNC(c1cc(Cl)ccc1Cl)c1c(F)cccc1OC. The molecule has 0 aromatic heterocycles. The first kappa shape index (κ1) is 15.1. The normalized spacial score (nSPS) is 12.2. The maximum Gasteiger partial charge on any atom is 0.132 e. The van der Waals surface area contributed by atoms with E-state index < -0.39 is 6.04 Å². The average molecular weight is 314 g/mol. The van der Waals surface area contributed by atoms with E-state index in [4.69, 9.17) is 27.9 Å². The minimum atomic E-state index is -0.447. The predicted molar refractivity (Wildman–Crippen MR) is 80.3 cm³/mol. The number of benzene rings is 2. The highest BCUT2D eigenvalue weighted by atomic mass is 35.5. The lowest BCUT2D eigenvalue weighted by molar-refractivity contribution is 0.398. The Bertz CT molecular complexity index is 619. The predicted octanol–water partition coefficient (Wildman–Crippen LogP) is 4.45. The van der Waals surface area contributed by atoms with E-state index in [2.05, 4.69) is 5.32 Å². The summed E-state index contributed by atoms with van der Waals surface area (Å²) in [5.74, 6) is 0.0973. The van der Waals surface area contributed by atoms with Gasteiger partial charge in [-0.2, -0.15) is 0 Å². The fourth-order valence-corrected chi connectivity index (χ4v) is 2.57. The molecule has 0 heterocycles. The van der Waals surface area contributed by atoms with E-state index in [-0.39, 0.29) is 5.82 Å². The second-order valence-corrected chi connectivity index (χ2v) is 5.09. The maximum atomic E-state index is 14.2. The quantitative estimate of drug-likeness (QED) is 0.900. The van der Waals surface area contributed by atoms with Gasteiger partial charge in [0.1, 0.15) is 11.6 Å². The first-order valence-corrected chi connectivity index (χ1v) is 6.78. The lowest BCUT2D eigenvalue weighted by Gasteiger charge is -2.21. The van der Waals surface area contributed by atoms with Gasteiger partial charge in [-0.25, -0.2) is 4.39 Å². The maximum absolute atomic E-state index is 14.2. The summed E-state index contributed by atoms with van der Waals surface area (Å²) in [6.07, 6.45) is 0. The molecule has 0 bridgehead atoms. The van der Waals surface area contributed by atoms with Crippen molar-refractivity contribution < 1.29 is 9.13 Å². The van der Waals surface area contributed by atoms with Crippen LogP contribution in [0.3, 0.4) is 0 Å². The molecule has 0 aliphatic carbocycles. The molecule has 1 unspecified atom stereocenters. The Labute approximate surface area is 127 Å². The standard InChI is InChI=1S/C15H14Cl2FNO/c1-19-15(10-8-9(16)6-7-11(10)17)14-12(18)4-3-5-13(14)20-2/h3-8,15,19H,1-2H3. The van der Waals surface area contributed by atoms with E-state index in [0.717, 1.165) is 0 Å². The molecule has 0 saturated heterocycles. The van der Waals surface area contributed by atoms with E-state index in [1.165, 1.54) is 13.2 Å². The molecule has 2 nitrogen and oxygen atoms in total. The molecular formula is C15H14Cl2FNO. The van der Waals surface area contributed by atoms with Crippen LogP contribution < -0.4 is 10.1 Å². The minimum absolute atomic E-state index is 0.361. The van der Waals surface area contributed by atoms with Crippen LogP contribution in [0.2, 0.25) is 10.0 Å². The third kappa shape index (κ3) is 2.90. The van der Waals surface area contributed by atoms with Crippen LogP contribution in [-0.4, -0.2) is 14.2 Å². The molecule has 0 aliphatic rings. The molecule has 0 aliphatic heterocycles. The molecule has 0 saturated carbocycles. The fraction of sp³-hybridized carbons (Fsp3) is 0.200. The van der Waals surface area contributed by atoms with Crippen molar-refractivity contribution in [2.75, 3.05) is 14.2 Å². The van der Waals surface area contributed by atoms with Gasteiger partial charge < -0.3 is 10.1 Å². The number of hydrogen-bond donors (Lipinski definition) is 1. The van der Waals surface area contributed by atoms with Crippen molar-refractivity contribution in [2.24, 2.45) is 0 Å². The zero-order chi connectivity index (χ0) is 14.7. The van der Waals surface area contributed by atoms with Crippen molar-refractivity contribution in [1.82, 2.24) is 5.32 Å². The lowest BCUT2D eigenvalue weighted by Crippen LogP contribution is -2.20. The second kappa shape index (κ2) is 6.44. The van der Waals surface area contributed by atoms with E-state index in [1.54, 1.807) is 37.4 Å². The zero-order valence-electron chi connectivity index (χ0n) is 11.1. The summed E-state index contributed by atoms with van der Waals surface area (Å²) < 4.78 is 19.4. The first-order valence-electron chi connectivity index (χ1n) is 6.03. The van der Waals surface area contributed by atoms with Gasteiger partial charge in [-0.1, -0.05) is 29.3 Å². The van der Waals surface area contributed by atoms with Crippen molar-refractivity contribution in [3.05, 3.63) is 63.4 Å². The highest BCUT2D eigenvalue weighted by molar-refractivity contribution is 6.33. The third-order valence-corrected chi connectivity index (χ3v) is 3.66. The van der Waals surface area contributed by atoms with Gasteiger partial charge >= 0.3 is 0 Å². The van der Waals surface area contributed by atoms with Crippen LogP contribution in [0.1, 0.15) is 17.2 Å². The molecule has 1 N–H and O–H groups in total. The average Bonchev–Trinajstić information content (AvgIpc) is 2.44. The van der Waals surface area contributed by atoms with Gasteiger partial charge in [-0.15, -0.1) is 0 Å². The lowest BCUT2D eigenvalue weighted by atomic mass is 9.97. The molecule has 2 rings (SSSR count). The Morgan fingerprint density at radius 3 is 2.60 bits per heavy atom. The molecule has 20 heavy (non-hydrogen) atoms. The number of rotatable bonds is 4. The number of halogens is 3. The minimum Gasteiger partial charge on any atom is -0.496 e. The van der Waals surface area contributed by atoms with Gasteiger partial charge in [0.2, 0.25) is 0 Å². The molecule has 2 aromatic rings. The van der Waals surface area contributed by atoms with Gasteiger partial charge in [0, 0.05) is 10.0 Å². The summed E-state index contributed by atoms with van der Waals surface area (Å²) in [7, 11) is 3.23. The topological polar surface area (TPSA) is 21.3 Å². The summed E-state index contributed by atoms with van der Waals surface area (Å²) in [6, 6.07) is 9.36. The Balaban J connectivity index is 2.61. The summed E-state index contributed by atoms with van der Waals surface area (Å²) >= 11 is 12.2. The molecule has 0 fully saturated rings. The Morgan fingerprint density at radius 2 is 1.95 bits per heavy atom. The highest BCUT2D eigenvalue weighted by Crippen LogP contribution is 2.36.